The van der Waals surface area contributed by atoms with Crippen LogP contribution in [-0.4, -0.2) is 23.4 Å². The zero-order valence-corrected chi connectivity index (χ0v) is 24.4. The largest absolute Gasteiger partial charge is 0.396 e. The molecular formula is C40H40O2. The Hall–Kier alpha value is -3.72. The predicted octanol–water partition coefficient (Wildman–Crippen LogP) is 8.22. The molecule has 2 N–H and O–H groups in total. The molecular weight excluding hydrogens is 512 g/mol. The first-order valence-corrected chi connectivity index (χ1v) is 15.6. The zero-order valence-electron chi connectivity index (χ0n) is 24.4. The third-order valence-electron chi connectivity index (χ3n) is 10.8. The van der Waals surface area contributed by atoms with Crippen LogP contribution >= 0.6 is 0 Å². The maximum atomic E-state index is 11.9. The van der Waals surface area contributed by atoms with E-state index in [1.54, 1.807) is 0 Å². The average Bonchev–Trinajstić information content (AvgIpc) is 3.73. The van der Waals surface area contributed by atoms with Crippen molar-refractivity contribution in [3.8, 4) is 0 Å². The lowest BCUT2D eigenvalue weighted by atomic mass is 9.51. The maximum absolute atomic E-state index is 11.9. The van der Waals surface area contributed by atoms with Crippen molar-refractivity contribution in [3.63, 3.8) is 0 Å². The van der Waals surface area contributed by atoms with Gasteiger partial charge in [0.05, 0.1) is 12.0 Å². The van der Waals surface area contributed by atoms with E-state index < -0.39 is 10.8 Å². The number of aliphatic hydroxyl groups is 2. The number of fused-ring (bicyclic) bond motifs is 1. The second-order valence-electron chi connectivity index (χ2n) is 12.6. The molecule has 1 fully saturated rings. The Morgan fingerprint density at radius 3 is 1.52 bits per heavy atom. The van der Waals surface area contributed by atoms with E-state index in [-0.39, 0.29) is 13.2 Å². The molecule has 0 radical (unpaired) electrons. The Morgan fingerprint density at radius 1 is 0.571 bits per heavy atom. The van der Waals surface area contributed by atoms with Crippen LogP contribution < -0.4 is 0 Å². The van der Waals surface area contributed by atoms with Crippen LogP contribution in [0, 0.1) is 17.8 Å². The van der Waals surface area contributed by atoms with Gasteiger partial charge in [0, 0.05) is 12.0 Å². The van der Waals surface area contributed by atoms with Crippen LogP contribution in [0.2, 0.25) is 0 Å². The molecule has 0 aromatic heterocycles. The van der Waals surface area contributed by atoms with Gasteiger partial charge in [0.15, 0.2) is 0 Å². The highest BCUT2D eigenvalue weighted by atomic mass is 16.3. The molecule has 3 aliphatic rings. The van der Waals surface area contributed by atoms with Crippen LogP contribution in [-0.2, 0) is 10.8 Å². The van der Waals surface area contributed by atoms with E-state index >= 15 is 0 Å². The van der Waals surface area contributed by atoms with E-state index in [4.69, 9.17) is 0 Å². The second kappa shape index (κ2) is 10.8. The summed E-state index contributed by atoms with van der Waals surface area (Å²) in [5.74, 6) is 1.56. The fourth-order valence-electron chi connectivity index (χ4n) is 8.79. The van der Waals surface area contributed by atoms with Crippen molar-refractivity contribution in [2.24, 2.45) is 17.8 Å². The Morgan fingerprint density at radius 2 is 1.02 bits per heavy atom. The average molecular weight is 553 g/mol. The Bertz CT molecular complexity index is 1610. The van der Waals surface area contributed by atoms with E-state index in [2.05, 4.69) is 128 Å². The molecule has 7 rings (SSSR count). The third-order valence-corrected chi connectivity index (χ3v) is 10.8. The van der Waals surface area contributed by atoms with Crippen LogP contribution in [0.5, 0.6) is 0 Å². The van der Waals surface area contributed by atoms with Crippen molar-refractivity contribution in [2.75, 3.05) is 13.2 Å². The molecule has 1 saturated carbocycles. The van der Waals surface area contributed by atoms with Crippen molar-refractivity contribution in [1.29, 1.82) is 0 Å². The van der Waals surface area contributed by atoms with Crippen LogP contribution in [0.4, 0.5) is 0 Å². The summed E-state index contributed by atoms with van der Waals surface area (Å²) in [6.07, 6.45) is 4.02. The summed E-state index contributed by atoms with van der Waals surface area (Å²) in [7, 11) is 0. The van der Waals surface area contributed by atoms with Crippen molar-refractivity contribution in [2.45, 2.75) is 43.4 Å². The quantitative estimate of drug-likeness (QED) is 0.237. The number of rotatable bonds is 6. The van der Waals surface area contributed by atoms with Gasteiger partial charge in [0.25, 0.3) is 0 Å². The Kier molecular flexibility index (Phi) is 7.00. The molecule has 0 heterocycles. The number of hydrogen-bond acceptors (Lipinski definition) is 2. The topological polar surface area (TPSA) is 40.5 Å². The van der Waals surface area contributed by atoms with Gasteiger partial charge in [-0.1, -0.05) is 132 Å². The fraction of sp³-hybridized carbons (Fsp3) is 0.300. The van der Waals surface area contributed by atoms with Crippen LogP contribution in [0.1, 0.15) is 54.9 Å². The van der Waals surface area contributed by atoms with E-state index in [1.165, 1.54) is 33.4 Å². The highest BCUT2D eigenvalue weighted by Gasteiger charge is 2.56. The molecule has 3 aliphatic carbocycles. The van der Waals surface area contributed by atoms with E-state index in [9.17, 15) is 10.2 Å². The molecule has 212 valence electrons. The molecule has 4 aromatic rings. The number of benzene rings is 4. The summed E-state index contributed by atoms with van der Waals surface area (Å²) in [4.78, 5) is 0. The Balaban J connectivity index is 1.63. The van der Waals surface area contributed by atoms with E-state index in [1.807, 2.05) is 0 Å². The summed E-state index contributed by atoms with van der Waals surface area (Å²) >= 11 is 0. The summed E-state index contributed by atoms with van der Waals surface area (Å²) in [6, 6.07) is 43.4. The first kappa shape index (κ1) is 27.1. The van der Waals surface area contributed by atoms with Crippen LogP contribution in [0.3, 0.4) is 0 Å². The monoisotopic (exact) mass is 552 g/mol. The SMILES string of the molecule is CC1(c2ccccc2)C2=C(CC[C@H]3[C@H](CO)[C@H]3CC2)C(CO)(c2ccccc2)C(c2ccccc2)=C1c1ccccc1. The molecule has 42 heavy (non-hydrogen) atoms. The minimum Gasteiger partial charge on any atom is -0.396 e. The van der Waals surface area contributed by atoms with E-state index in [0.717, 1.165) is 36.8 Å². The molecule has 5 atom stereocenters. The first-order valence-electron chi connectivity index (χ1n) is 15.6. The molecule has 0 aliphatic heterocycles. The predicted molar refractivity (Wildman–Crippen MR) is 172 cm³/mol. The minimum absolute atomic E-state index is 0.00119. The van der Waals surface area contributed by atoms with E-state index in [0.29, 0.717) is 17.8 Å². The van der Waals surface area contributed by atoms with Gasteiger partial charge in [0.2, 0.25) is 0 Å². The van der Waals surface area contributed by atoms with Gasteiger partial charge in [0.1, 0.15) is 0 Å². The van der Waals surface area contributed by atoms with Gasteiger partial charge in [-0.15, -0.1) is 0 Å². The molecule has 0 amide bonds. The normalized spacial score (nSPS) is 28.9. The number of hydrogen-bond donors (Lipinski definition) is 2. The number of aliphatic hydroxyl groups excluding tert-OH is 2. The molecule has 2 heteroatoms. The van der Waals surface area contributed by atoms with Gasteiger partial charge in [-0.3, -0.25) is 0 Å². The second-order valence-corrected chi connectivity index (χ2v) is 12.6. The summed E-state index contributed by atoms with van der Waals surface area (Å²) in [5.41, 5.74) is 9.02. The van der Waals surface area contributed by atoms with Crippen molar-refractivity contribution >= 4 is 11.1 Å². The summed E-state index contributed by atoms with van der Waals surface area (Å²) < 4.78 is 0. The fourth-order valence-corrected chi connectivity index (χ4v) is 8.79. The highest BCUT2D eigenvalue weighted by Crippen LogP contribution is 2.65. The zero-order chi connectivity index (χ0) is 28.7. The molecule has 2 nitrogen and oxygen atoms in total. The van der Waals surface area contributed by atoms with Gasteiger partial charge in [-0.05, 0) is 83.8 Å². The van der Waals surface area contributed by atoms with Gasteiger partial charge in [-0.2, -0.15) is 0 Å². The smallest absolute Gasteiger partial charge is 0.0654 e. The van der Waals surface area contributed by atoms with Gasteiger partial charge in [-0.25, -0.2) is 0 Å². The Labute approximate surface area is 250 Å². The molecule has 0 bridgehead atoms. The van der Waals surface area contributed by atoms with Gasteiger partial charge >= 0.3 is 0 Å². The summed E-state index contributed by atoms with van der Waals surface area (Å²) in [5, 5.41) is 22.1. The molecule has 4 aromatic carbocycles. The maximum Gasteiger partial charge on any atom is 0.0654 e. The third kappa shape index (κ3) is 4.07. The van der Waals surface area contributed by atoms with Crippen LogP contribution in [0.15, 0.2) is 132 Å². The summed E-state index contributed by atoms with van der Waals surface area (Å²) in [6.45, 7) is 2.71. The standard InChI is InChI=1S/C40H40O2/c1-39(30-18-10-4-11-19-30)35-24-22-32-33(34(32)26-41)23-25-36(35)40(27-42,31-20-12-5-13-21-31)38(29-16-8-3-9-17-29)37(39)28-14-6-2-7-15-28/h2-21,32-34,41-42H,22-27H2,1H3/t32-,33+,34+,39?,40?/m0/s1. The minimum atomic E-state index is -0.687. The highest BCUT2D eigenvalue weighted by molar-refractivity contribution is 6.04. The lowest BCUT2D eigenvalue weighted by Crippen LogP contribution is -2.45. The van der Waals surface area contributed by atoms with Gasteiger partial charge < -0.3 is 10.2 Å². The lowest BCUT2D eigenvalue weighted by Gasteiger charge is -2.52. The first-order chi connectivity index (χ1) is 20.6. The lowest BCUT2D eigenvalue weighted by molar-refractivity contribution is 0.242. The molecule has 2 unspecified atom stereocenters. The van der Waals surface area contributed by atoms with Crippen molar-refractivity contribution in [3.05, 3.63) is 155 Å². The van der Waals surface area contributed by atoms with Crippen LogP contribution in [0.25, 0.3) is 11.1 Å². The molecule has 0 saturated heterocycles. The molecule has 0 spiro atoms. The van der Waals surface area contributed by atoms with Crippen molar-refractivity contribution in [1.82, 2.24) is 0 Å². The van der Waals surface area contributed by atoms with Crippen molar-refractivity contribution < 1.29 is 10.2 Å². The number of allylic oxidation sites excluding steroid dienone is 2.